The van der Waals surface area contributed by atoms with Gasteiger partial charge in [0.05, 0.1) is 11.4 Å². The van der Waals surface area contributed by atoms with Crippen LogP contribution in [0.1, 0.15) is 5.56 Å². The van der Waals surface area contributed by atoms with Crippen LogP contribution in [-0.4, -0.2) is 5.91 Å². The second kappa shape index (κ2) is 6.46. The minimum atomic E-state index is -0.0684. The van der Waals surface area contributed by atoms with Gasteiger partial charge in [0.25, 0.3) is 0 Å². The standard InChI is InChI=1S/C14H11BrClNOS/c15-12-8-10(3-6-13(12)16)17-14(18)7-9-1-4-11(19)5-2-9/h1-6,8,19H,7H2,(H,17,18). The number of amides is 1. The van der Waals surface area contributed by atoms with E-state index >= 15 is 0 Å². The lowest BCUT2D eigenvalue weighted by Crippen LogP contribution is -2.14. The molecule has 2 nitrogen and oxygen atoms in total. The number of carbonyl (C=O) groups excluding carboxylic acids is 1. The van der Waals surface area contributed by atoms with Gasteiger partial charge in [-0.15, -0.1) is 12.6 Å². The highest BCUT2D eigenvalue weighted by Crippen LogP contribution is 2.25. The zero-order valence-corrected chi connectivity index (χ0v) is 13.1. The van der Waals surface area contributed by atoms with Crippen molar-refractivity contribution in [1.29, 1.82) is 0 Å². The van der Waals surface area contributed by atoms with Crippen LogP contribution >= 0.6 is 40.2 Å². The van der Waals surface area contributed by atoms with E-state index in [0.717, 1.165) is 14.9 Å². The van der Waals surface area contributed by atoms with Crippen molar-refractivity contribution in [1.82, 2.24) is 0 Å². The predicted molar refractivity (Wildman–Crippen MR) is 85.2 cm³/mol. The van der Waals surface area contributed by atoms with Gasteiger partial charge in [0.15, 0.2) is 0 Å². The van der Waals surface area contributed by atoms with E-state index in [9.17, 15) is 4.79 Å². The Labute approximate surface area is 130 Å². The second-order valence-electron chi connectivity index (χ2n) is 4.02. The van der Waals surface area contributed by atoms with E-state index < -0.39 is 0 Å². The molecule has 98 valence electrons. The van der Waals surface area contributed by atoms with Gasteiger partial charge in [0, 0.05) is 15.1 Å². The first-order valence-electron chi connectivity index (χ1n) is 5.57. The Balaban J connectivity index is 2.01. The van der Waals surface area contributed by atoms with Crippen molar-refractivity contribution in [3.8, 4) is 0 Å². The number of carbonyl (C=O) groups is 1. The van der Waals surface area contributed by atoms with Crippen LogP contribution < -0.4 is 5.32 Å². The number of nitrogens with one attached hydrogen (secondary N) is 1. The largest absolute Gasteiger partial charge is 0.326 e. The molecular formula is C14H11BrClNOS. The number of halogens is 2. The Bertz CT molecular complexity index is 601. The average molecular weight is 357 g/mol. The zero-order valence-electron chi connectivity index (χ0n) is 9.86. The number of benzene rings is 2. The molecule has 0 saturated heterocycles. The highest BCUT2D eigenvalue weighted by Gasteiger charge is 2.05. The van der Waals surface area contributed by atoms with Crippen LogP contribution in [0, 0.1) is 0 Å². The van der Waals surface area contributed by atoms with E-state index in [0.29, 0.717) is 17.1 Å². The lowest BCUT2D eigenvalue weighted by molar-refractivity contribution is -0.115. The van der Waals surface area contributed by atoms with E-state index in [1.165, 1.54) is 0 Å². The highest BCUT2D eigenvalue weighted by molar-refractivity contribution is 9.10. The van der Waals surface area contributed by atoms with Crippen LogP contribution in [-0.2, 0) is 11.2 Å². The summed E-state index contributed by atoms with van der Waals surface area (Å²) in [7, 11) is 0. The zero-order chi connectivity index (χ0) is 13.8. The fourth-order valence-corrected chi connectivity index (χ4v) is 2.22. The number of anilines is 1. The summed E-state index contributed by atoms with van der Waals surface area (Å²) in [4.78, 5) is 12.8. The third-order valence-electron chi connectivity index (χ3n) is 2.50. The van der Waals surface area contributed by atoms with Crippen molar-refractivity contribution in [3.63, 3.8) is 0 Å². The molecule has 0 bridgehead atoms. The topological polar surface area (TPSA) is 29.1 Å². The summed E-state index contributed by atoms with van der Waals surface area (Å²) in [5.41, 5.74) is 1.66. The average Bonchev–Trinajstić information content (AvgIpc) is 2.37. The molecule has 0 saturated carbocycles. The van der Waals surface area contributed by atoms with Gasteiger partial charge < -0.3 is 5.32 Å². The third kappa shape index (κ3) is 4.27. The molecule has 0 aliphatic rings. The highest BCUT2D eigenvalue weighted by atomic mass is 79.9. The maximum Gasteiger partial charge on any atom is 0.228 e. The monoisotopic (exact) mass is 355 g/mol. The second-order valence-corrected chi connectivity index (χ2v) is 5.80. The van der Waals surface area contributed by atoms with Crippen LogP contribution in [0.25, 0.3) is 0 Å². The first kappa shape index (κ1) is 14.4. The van der Waals surface area contributed by atoms with Crippen molar-refractivity contribution in [3.05, 3.63) is 57.5 Å². The summed E-state index contributed by atoms with van der Waals surface area (Å²) in [5.74, 6) is -0.0684. The first-order valence-corrected chi connectivity index (χ1v) is 7.19. The first-order chi connectivity index (χ1) is 9.04. The SMILES string of the molecule is O=C(Cc1ccc(S)cc1)Nc1ccc(Cl)c(Br)c1. The van der Waals surface area contributed by atoms with Crippen LogP contribution in [0.5, 0.6) is 0 Å². The van der Waals surface area contributed by atoms with E-state index in [1.54, 1.807) is 18.2 Å². The van der Waals surface area contributed by atoms with Crippen molar-refractivity contribution >= 4 is 51.8 Å². The minimum absolute atomic E-state index is 0.0684. The number of hydrogen-bond donors (Lipinski definition) is 2. The van der Waals surface area contributed by atoms with Gasteiger partial charge in [-0.2, -0.15) is 0 Å². The molecule has 0 radical (unpaired) electrons. The van der Waals surface area contributed by atoms with E-state index in [-0.39, 0.29) is 5.91 Å². The third-order valence-corrected chi connectivity index (χ3v) is 4.02. The van der Waals surface area contributed by atoms with E-state index in [4.69, 9.17) is 11.6 Å². The molecule has 2 aromatic rings. The van der Waals surface area contributed by atoms with Crippen molar-refractivity contribution in [2.24, 2.45) is 0 Å². The summed E-state index contributed by atoms with van der Waals surface area (Å²) in [6.07, 6.45) is 0.328. The van der Waals surface area contributed by atoms with Crippen molar-refractivity contribution in [2.75, 3.05) is 5.32 Å². The molecule has 1 N–H and O–H groups in total. The normalized spacial score (nSPS) is 10.3. The predicted octanol–water partition coefficient (Wildman–Crippen LogP) is 4.57. The molecule has 2 aromatic carbocycles. The fraction of sp³-hybridized carbons (Fsp3) is 0.0714. The smallest absolute Gasteiger partial charge is 0.228 e. The van der Waals surface area contributed by atoms with Gasteiger partial charge in [-0.3, -0.25) is 4.79 Å². The van der Waals surface area contributed by atoms with E-state index in [2.05, 4.69) is 33.9 Å². The van der Waals surface area contributed by atoms with E-state index in [1.807, 2.05) is 24.3 Å². The maximum atomic E-state index is 11.9. The fourth-order valence-electron chi connectivity index (χ4n) is 1.58. The number of rotatable bonds is 3. The molecule has 0 atom stereocenters. The molecule has 1 amide bonds. The minimum Gasteiger partial charge on any atom is -0.326 e. The molecule has 0 spiro atoms. The summed E-state index contributed by atoms with van der Waals surface area (Å²) in [5, 5.41) is 3.44. The molecule has 5 heteroatoms. The van der Waals surface area contributed by atoms with Crippen LogP contribution in [0.3, 0.4) is 0 Å². The van der Waals surface area contributed by atoms with Crippen LogP contribution in [0.2, 0.25) is 5.02 Å². The van der Waals surface area contributed by atoms with Gasteiger partial charge in [0.2, 0.25) is 5.91 Å². The molecular weight excluding hydrogens is 346 g/mol. The maximum absolute atomic E-state index is 11.9. The molecule has 0 aliphatic heterocycles. The molecule has 0 fully saturated rings. The lowest BCUT2D eigenvalue weighted by Gasteiger charge is -2.06. The summed E-state index contributed by atoms with van der Waals surface area (Å²) < 4.78 is 0.756. The Morgan fingerprint density at radius 3 is 2.53 bits per heavy atom. The Kier molecular flexibility index (Phi) is 4.91. The quantitative estimate of drug-likeness (QED) is 0.775. The van der Waals surface area contributed by atoms with Gasteiger partial charge in [-0.1, -0.05) is 23.7 Å². The van der Waals surface area contributed by atoms with Crippen LogP contribution in [0.15, 0.2) is 51.8 Å². The molecule has 2 rings (SSSR count). The van der Waals surface area contributed by atoms with Crippen molar-refractivity contribution in [2.45, 2.75) is 11.3 Å². The Morgan fingerprint density at radius 1 is 1.21 bits per heavy atom. The Morgan fingerprint density at radius 2 is 1.89 bits per heavy atom. The Hall–Kier alpha value is -0.970. The lowest BCUT2D eigenvalue weighted by atomic mass is 10.1. The molecule has 0 aromatic heterocycles. The summed E-state index contributed by atoms with van der Waals surface area (Å²) in [6, 6.07) is 12.8. The number of thiol groups is 1. The van der Waals surface area contributed by atoms with Gasteiger partial charge >= 0.3 is 0 Å². The molecule has 0 aliphatic carbocycles. The van der Waals surface area contributed by atoms with Crippen LogP contribution in [0.4, 0.5) is 5.69 Å². The molecule has 19 heavy (non-hydrogen) atoms. The summed E-state index contributed by atoms with van der Waals surface area (Å²) >= 11 is 13.4. The molecule has 0 unspecified atom stereocenters. The van der Waals surface area contributed by atoms with Gasteiger partial charge in [-0.25, -0.2) is 0 Å². The molecule has 0 heterocycles. The van der Waals surface area contributed by atoms with Gasteiger partial charge in [-0.05, 0) is 51.8 Å². The van der Waals surface area contributed by atoms with Crippen molar-refractivity contribution < 1.29 is 4.79 Å². The number of hydrogen-bond acceptors (Lipinski definition) is 2. The van der Waals surface area contributed by atoms with Gasteiger partial charge in [0.1, 0.15) is 0 Å². The summed E-state index contributed by atoms with van der Waals surface area (Å²) in [6.45, 7) is 0.